The first-order chi connectivity index (χ1) is 16.7. The number of H-pyrrole nitrogens is 1. The number of carbonyl (C=O) groups excluding carboxylic acids is 1. The molecule has 5 rings (SSSR count). The van der Waals surface area contributed by atoms with Crippen LogP contribution in [0.25, 0.3) is 11.3 Å². The van der Waals surface area contributed by atoms with E-state index in [0.29, 0.717) is 67.5 Å². The van der Waals surface area contributed by atoms with Crippen LogP contribution in [0.3, 0.4) is 0 Å². The van der Waals surface area contributed by atoms with Crippen molar-refractivity contribution in [1.29, 1.82) is 0 Å². The van der Waals surface area contributed by atoms with E-state index in [-0.39, 0.29) is 22.4 Å². The second kappa shape index (κ2) is 9.36. The number of amides is 1. The van der Waals surface area contributed by atoms with Crippen LogP contribution in [0, 0.1) is 0 Å². The molecule has 0 saturated carbocycles. The van der Waals surface area contributed by atoms with Gasteiger partial charge >= 0.3 is 0 Å². The number of halogens is 1. The Hall–Kier alpha value is -2.76. The molecule has 0 atom stereocenters. The van der Waals surface area contributed by atoms with E-state index in [1.165, 1.54) is 12.1 Å². The van der Waals surface area contributed by atoms with Gasteiger partial charge < -0.3 is 15.1 Å². The Morgan fingerprint density at radius 2 is 1.77 bits per heavy atom. The number of benzene rings is 2. The molecule has 35 heavy (non-hydrogen) atoms. The van der Waals surface area contributed by atoms with Crippen molar-refractivity contribution in [3.05, 3.63) is 63.8 Å². The predicted octanol–water partition coefficient (Wildman–Crippen LogP) is 3.91. The summed E-state index contributed by atoms with van der Waals surface area (Å²) in [5.41, 5.74) is 4.27. The number of carbonyl (C=O) groups is 1. The first kappa shape index (κ1) is 24.0. The number of nitrogens with zero attached hydrogens (tertiary/aromatic N) is 3. The van der Waals surface area contributed by atoms with E-state index in [1.807, 2.05) is 24.3 Å². The first-order valence-electron chi connectivity index (χ1n) is 11.3. The van der Waals surface area contributed by atoms with Crippen LogP contribution in [-0.2, 0) is 19.5 Å². The number of aromatic nitrogens is 2. The number of hydrogen-bond donors (Lipinski definition) is 5. The molecule has 9 nitrogen and oxygen atoms in total. The normalized spacial score (nSPS) is 18.8. The van der Waals surface area contributed by atoms with Gasteiger partial charge in [-0.05, 0) is 23.8 Å². The molecular weight excluding hydrogens is 492 g/mol. The molecule has 3 aromatic rings. The molecule has 0 aliphatic carbocycles. The van der Waals surface area contributed by atoms with Gasteiger partial charge in [-0.3, -0.25) is 23.9 Å². The third-order valence-electron chi connectivity index (χ3n) is 6.62. The molecule has 2 aromatic carbocycles. The van der Waals surface area contributed by atoms with Crippen molar-refractivity contribution in [2.24, 2.45) is 0 Å². The third kappa shape index (κ3) is 4.98. The van der Waals surface area contributed by atoms with Gasteiger partial charge in [-0.25, -0.2) is 0 Å². The molecule has 0 radical (unpaired) electrons. The van der Waals surface area contributed by atoms with Crippen molar-refractivity contribution < 1.29 is 24.1 Å². The molecule has 2 aliphatic rings. The third-order valence-corrected chi connectivity index (χ3v) is 8.59. The molecule has 5 N–H and O–H groups in total. The summed E-state index contributed by atoms with van der Waals surface area (Å²) in [7, 11) is -2.41. The molecule has 2 aliphatic heterocycles. The van der Waals surface area contributed by atoms with Gasteiger partial charge in [-0.15, -0.1) is 0 Å². The van der Waals surface area contributed by atoms with Crippen LogP contribution in [0.2, 0.25) is 5.02 Å². The topological polar surface area (TPSA) is 133 Å². The second-order valence-corrected chi connectivity index (χ2v) is 11.8. The molecule has 186 valence electrons. The summed E-state index contributed by atoms with van der Waals surface area (Å²) in [6, 6.07) is 10.2. The minimum atomic E-state index is -2.41. The first-order valence-corrected chi connectivity index (χ1v) is 13.6. The highest BCUT2D eigenvalue weighted by atomic mass is 35.5. The average Bonchev–Trinajstić information content (AvgIpc) is 3.26. The van der Waals surface area contributed by atoms with Gasteiger partial charge in [0.1, 0.15) is 17.2 Å². The van der Waals surface area contributed by atoms with Crippen molar-refractivity contribution >= 4 is 28.1 Å². The largest absolute Gasteiger partial charge is 0.507 e. The van der Waals surface area contributed by atoms with Crippen molar-refractivity contribution in [1.82, 2.24) is 20.0 Å². The molecule has 1 amide bonds. The van der Waals surface area contributed by atoms with Crippen LogP contribution in [-0.4, -0.2) is 76.4 Å². The Morgan fingerprint density at radius 3 is 2.49 bits per heavy atom. The lowest BCUT2D eigenvalue weighted by Crippen LogP contribution is -2.37. The highest BCUT2D eigenvalue weighted by Crippen LogP contribution is 2.41. The Labute approximate surface area is 209 Å². The van der Waals surface area contributed by atoms with Gasteiger partial charge in [-0.2, -0.15) is 15.7 Å². The van der Waals surface area contributed by atoms with E-state index in [0.717, 1.165) is 16.8 Å². The van der Waals surface area contributed by atoms with Crippen molar-refractivity contribution in [2.45, 2.75) is 19.5 Å². The molecule has 3 heterocycles. The summed E-state index contributed by atoms with van der Waals surface area (Å²) >= 11 is 6.04. The standard InChI is InChI=1S/C24H27ClN4O5S/c25-19-11-17(21(30)12-22(19)31)23-18-14-29(6-5-20(18)26-27-23)24(32)16-3-1-15(2-4-16)13-28-7-9-35(33,34)10-8-28/h1-4,11-12,30-31,33-34H,5-10,13-14H2,(H,26,27). The van der Waals surface area contributed by atoms with E-state index >= 15 is 0 Å². The second-order valence-electron chi connectivity index (χ2n) is 9.01. The summed E-state index contributed by atoms with van der Waals surface area (Å²) < 4.78 is 19.6. The van der Waals surface area contributed by atoms with Crippen LogP contribution >= 0.6 is 22.2 Å². The SMILES string of the molecule is O=C(c1ccc(CN2CCS(O)(O)CC2)cc1)N1CCc2[nH]nc(-c3cc(Cl)c(O)cc3O)c2C1. The number of rotatable bonds is 4. The lowest BCUT2D eigenvalue weighted by atomic mass is 9.99. The number of phenolic OH excluding ortho intramolecular Hbond substituents is 2. The van der Waals surface area contributed by atoms with Gasteiger partial charge in [-0.1, -0.05) is 23.7 Å². The lowest BCUT2D eigenvalue weighted by Gasteiger charge is -2.41. The summed E-state index contributed by atoms with van der Waals surface area (Å²) in [6.07, 6.45) is 0.604. The zero-order chi connectivity index (χ0) is 24.7. The fourth-order valence-corrected chi connectivity index (χ4v) is 6.02. The molecule has 0 bridgehead atoms. The van der Waals surface area contributed by atoms with E-state index in [9.17, 15) is 24.1 Å². The Morgan fingerprint density at radius 1 is 1.06 bits per heavy atom. The van der Waals surface area contributed by atoms with Crippen LogP contribution in [0.4, 0.5) is 0 Å². The number of hydrogen-bond acceptors (Lipinski definition) is 7. The minimum absolute atomic E-state index is 0.0887. The maximum atomic E-state index is 13.2. The van der Waals surface area contributed by atoms with Crippen LogP contribution in [0.1, 0.15) is 27.2 Å². The maximum absolute atomic E-state index is 13.2. The number of nitrogens with one attached hydrogen (secondary N) is 1. The molecule has 1 aromatic heterocycles. The summed E-state index contributed by atoms with van der Waals surface area (Å²) in [4.78, 5) is 17.2. The summed E-state index contributed by atoms with van der Waals surface area (Å²) in [5, 5.41) is 27.5. The number of aromatic hydroxyl groups is 2. The molecule has 0 spiro atoms. The van der Waals surface area contributed by atoms with E-state index in [1.54, 1.807) is 4.90 Å². The molecule has 1 fully saturated rings. The maximum Gasteiger partial charge on any atom is 0.254 e. The number of fused-ring (bicyclic) bond motifs is 1. The highest BCUT2D eigenvalue weighted by Gasteiger charge is 2.28. The molecule has 0 unspecified atom stereocenters. The molecule has 11 heteroatoms. The van der Waals surface area contributed by atoms with Crippen LogP contribution in [0.15, 0.2) is 36.4 Å². The smallest absolute Gasteiger partial charge is 0.254 e. The number of phenols is 2. The monoisotopic (exact) mass is 518 g/mol. The van der Waals surface area contributed by atoms with Crippen molar-refractivity contribution in [2.75, 3.05) is 31.1 Å². The van der Waals surface area contributed by atoms with Crippen molar-refractivity contribution in [3.63, 3.8) is 0 Å². The zero-order valence-electron chi connectivity index (χ0n) is 18.9. The summed E-state index contributed by atoms with van der Waals surface area (Å²) in [5.74, 6) is 0.372. The highest BCUT2D eigenvalue weighted by molar-refractivity contribution is 8.24. The van der Waals surface area contributed by atoms with Crippen LogP contribution in [0.5, 0.6) is 11.5 Å². The zero-order valence-corrected chi connectivity index (χ0v) is 20.5. The Bertz CT molecular complexity index is 1250. The van der Waals surface area contributed by atoms with Gasteiger partial charge in [0.2, 0.25) is 0 Å². The quantitative estimate of drug-likeness (QED) is 0.353. The fraction of sp³-hybridized carbons (Fsp3) is 0.333. The van der Waals surface area contributed by atoms with Gasteiger partial charge in [0.15, 0.2) is 0 Å². The predicted molar refractivity (Wildman–Crippen MR) is 135 cm³/mol. The summed E-state index contributed by atoms with van der Waals surface area (Å²) in [6.45, 7) is 2.87. The van der Waals surface area contributed by atoms with E-state index in [2.05, 4.69) is 15.1 Å². The Balaban J connectivity index is 1.29. The van der Waals surface area contributed by atoms with E-state index < -0.39 is 10.6 Å². The van der Waals surface area contributed by atoms with Crippen molar-refractivity contribution in [3.8, 4) is 22.8 Å². The molecule has 1 saturated heterocycles. The van der Waals surface area contributed by atoms with Gasteiger partial charge in [0, 0.05) is 67.6 Å². The molecular formula is C24H27ClN4O5S. The fourth-order valence-electron chi connectivity index (χ4n) is 4.55. The average molecular weight is 519 g/mol. The van der Waals surface area contributed by atoms with E-state index in [4.69, 9.17) is 11.6 Å². The van der Waals surface area contributed by atoms with Gasteiger partial charge in [0.25, 0.3) is 5.91 Å². The van der Waals surface area contributed by atoms with Gasteiger partial charge in [0.05, 0.1) is 16.5 Å². The van der Waals surface area contributed by atoms with Crippen LogP contribution < -0.4 is 0 Å². The Kier molecular flexibility index (Phi) is 6.41. The minimum Gasteiger partial charge on any atom is -0.507 e. The lowest BCUT2D eigenvalue weighted by molar-refractivity contribution is 0.0734. The number of aromatic amines is 1.